The molecule has 2 unspecified atom stereocenters. The van der Waals surface area contributed by atoms with Gasteiger partial charge >= 0.3 is 0 Å². The van der Waals surface area contributed by atoms with E-state index in [-0.39, 0.29) is 17.7 Å². The summed E-state index contributed by atoms with van der Waals surface area (Å²) in [4.78, 5) is 23.1. The van der Waals surface area contributed by atoms with Gasteiger partial charge in [0.2, 0.25) is 5.91 Å². The highest BCUT2D eigenvalue weighted by Crippen LogP contribution is 2.29. The molecule has 11 heteroatoms. The molecule has 0 aliphatic carbocycles. The molecule has 0 spiro atoms. The number of rotatable bonds is 10. The number of aromatic nitrogens is 3. The second-order valence-corrected chi connectivity index (χ2v) is 8.39. The van der Waals surface area contributed by atoms with Gasteiger partial charge in [-0.25, -0.2) is 0 Å². The number of thioether (sulfide) groups is 1. The van der Waals surface area contributed by atoms with Crippen LogP contribution in [0.1, 0.15) is 32.7 Å². The number of nitro groups is 1. The van der Waals surface area contributed by atoms with Crippen molar-refractivity contribution in [3.05, 3.63) is 64.5 Å². The zero-order chi connectivity index (χ0) is 24.0. The standard InChI is InChI=1S/C22H25N5O5S/c1-5-26-20(14(2)32-19-11-7-10-18(13-19)31-4)24-25-22(26)33-15(3)21(28)23-16-8-6-9-17(12-16)27(29)30/h6-15H,5H2,1-4H3,(H,23,28). The fourth-order valence-electron chi connectivity index (χ4n) is 3.07. The number of nitrogens with zero attached hydrogens (tertiary/aromatic N) is 4. The van der Waals surface area contributed by atoms with E-state index in [0.29, 0.717) is 34.7 Å². The Balaban J connectivity index is 1.69. The van der Waals surface area contributed by atoms with Crippen LogP contribution in [0.15, 0.2) is 53.7 Å². The predicted molar refractivity (Wildman–Crippen MR) is 125 cm³/mol. The Morgan fingerprint density at radius 3 is 2.61 bits per heavy atom. The number of anilines is 1. The highest BCUT2D eigenvalue weighted by atomic mass is 32.2. The Bertz CT molecular complexity index is 1140. The zero-order valence-corrected chi connectivity index (χ0v) is 19.5. The van der Waals surface area contributed by atoms with Gasteiger partial charge < -0.3 is 19.4 Å². The van der Waals surface area contributed by atoms with Crippen LogP contribution in [0.4, 0.5) is 11.4 Å². The largest absolute Gasteiger partial charge is 0.497 e. The SMILES string of the molecule is CCn1c(SC(C)C(=O)Nc2cccc([N+](=O)[O-])c2)nnc1C(C)Oc1cccc(OC)c1. The molecule has 0 fully saturated rings. The molecule has 10 nitrogen and oxygen atoms in total. The number of amides is 1. The number of carbonyl (C=O) groups is 1. The lowest BCUT2D eigenvalue weighted by atomic mass is 10.2. The first-order valence-electron chi connectivity index (χ1n) is 10.3. The molecule has 3 aromatic rings. The van der Waals surface area contributed by atoms with Crippen molar-refractivity contribution in [3.63, 3.8) is 0 Å². The highest BCUT2D eigenvalue weighted by Gasteiger charge is 2.23. The average Bonchev–Trinajstić information content (AvgIpc) is 3.21. The summed E-state index contributed by atoms with van der Waals surface area (Å²) in [6.45, 7) is 6.17. The van der Waals surface area contributed by atoms with Gasteiger partial charge in [-0.15, -0.1) is 10.2 Å². The minimum atomic E-state index is -0.513. The van der Waals surface area contributed by atoms with E-state index in [1.165, 1.54) is 30.0 Å². The van der Waals surface area contributed by atoms with Crippen molar-refractivity contribution in [1.82, 2.24) is 14.8 Å². The smallest absolute Gasteiger partial charge is 0.271 e. The third-order valence-corrected chi connectivity index (χ3v) is 5.84. The molecule has 33 heavy (non-hydrogen) atoms. The number of non-ortho nitro benzene ring substituents is 1. The molecule has 1 heterocycles. The maximum atomic E-state index is 12.6. The molecule has 2 aromatic carbocycles. The number of nitrogens with one attached hydrogen (secondary N) is 1. The van der Waals surface area contributed by atoms with Crippen LogP contribution in [0.2, 0.25) is 0 Å². The van der Waals surface area contributed by atoms with Crippen molar-refractivity contribution in [1.29, 1.82) is 0 Å². The second kappa shape index (κ2) is 10.8. The van der Waals surface area contributed by atoms with Crippen LogP contribution in [0.25, 0.3) is 0 Å². The molecule has 0 aliphatic rings. The summed E-state index contributed by atoms with van der Waals surface area (Å²) in [5, 5.41) is 22.3. The molecule has 0 aliphatic heterocycles. The van der Waals surface area contributed by atoms with Crippen molar-refractivity contribution in [3.8, 4) is 11.5 Å². The molecule has 0 bridgehead atoms. The van der Waals surface area contributed by atoms with Crippen molar-refractivity contribution in [2.75, 3.05) is 12.4 Å². The first-order valence-corrected chi connectivity index (χ1v) is 11.2. The number of methoxy groups -OCH3 is 1. The Hall–Kier alpha value is -3.60. The molecular weight excluding hydrogens is 446 g/mol. The third kappa shape index (κ3) is 6.01. The summed E-state index contributed by atoms with van der Waals surface area (Å²) in [6, 6.07) is 13.1. The van der Waals surface area contributed by atoms with E-state index >= 15 is 0 Å². The first kappa shape index (κ1) is 24.1. The molecule has 3 rings (SSSR count). The lowest BCUT2D eigenvalue weighted by Crippen LogP contribution is -2.23. The number of carbonyl (C=O) groups excluding carboxylic acids is 1. The fourth-order valence-corrected chi connectivity index (χ4v) is 3.99. The summed E-state index contributed by atoms with van der Waals surface area (Å²) in [5.41, 5.74) is 0.271. The number of hydrogen-bond acceptors (Lipinski definition) is 8. The van der Waals surface area contributed by atoms with Gasteiger partial charge in [0, 0.05) is 30.4 Å². The number of nitro benzene ring substituents is 1. The minimum Gasteiger partial charge on any atom is -0.497 e. The zero-order valence-electron chi connectivity index (χ0n) is 18.7. The normalized spacial score (nSPS) is 12.6. The van der Waals surface area contributed by atoms with Crippen LogP contribution in [0, 0.1) is 10.1 Å². The second-order valence-electron chi connectivity index (χ2n) is 7.08. The van der Waals surface area contributed by atoms with E-state index in [1.54, 1.807) is 26.2 Å². The number of benzene rings is 2. The Kier molecular flexibility index (Phi) is 7.88. The van der Waals surface area contributed by atoms with E-state index < -0.39 is 10.2 Å². The monoisotopic (exact) mass is 471 g/mol. The van der Waals surface area contributed by atoms with Crippen LogP contribution in [0.3, 0.4) is 0 Å². The minimum absolute atomic E-state index is 0.0894. The van der Waals surface area contributed by atoms with Gasteiger partial charge in [0.15, 0.2) is 17.1 Å². The highest BCUT2D eigenvalue weighted by molar-refractivity contribution is 8.00. The summed E-state index contributed by atoms with van der Waals surface area (Å²) in [6.07, 6.45) is -0.382. The molecule has 1 N–H and O–H groups in total. The molecule has 0 saturated heterocycles. The van der Waals surface area contributed by atoms with Gasteiger partial charge in [-0.2, -0.15) is 0 Å². The molecular formula is C22H25N5O5S. The molecule has 1 aromatic heterocycles. The molecule has 174 valence electrons. The Labute approximate surface area is 195 Å². The maximum Gasteiger partial charge on any atom is 0.271 e. The van der Waals surface area contributed by atoms with Gasteiger partial charge in [0.1, 0.15) is 11.5 Å². The summed E-state index contributed by atoms with van der Waals surface area (Å²) in [5.74, 6) is 1.67. The van der Waals surface area contributed by atoms with E-state index in [0.717, 1.165) is 0 Å². The van der Waals surface area contributed by atoms with Gasteiger partial charge in [-0.1, -0.05) is 23.9 Å². The van der Waals surface area contributed by atoms with E-state index in [2.05, 4.69) is 15.5 Å². The Morgan fingerprint density at radius 1 is 1.18 bits per heavy atom. The predicted octanol–water partition coefficient (Wildman–Crippen LogP) is 4.47. The van der Waals surface area contributed by atoms with Crippen LogP contribution in [-0.4, -0.2) is 38.0 Å². The van der Waals surface area contributed by atoms with Crippen LogP contribution < -0.4 is 14.8 Å². The summed E-state index contributed by atoms with van der Waals surface area (Å²) in [7, 11) is 1.59. The van der Waals surface area contributed by atoms with Crippen LogP contribution >= 0.6 is 11.8 Å². The molecule has 0 radical (unpaired) electrons. The van der Waals surface area contributed by atoms with Gasteiger partial charge in [0.05, 0.1) is 17.3 Å². The van der Waals surface area contributed by atoms with Gasteiger partial charge in [0.25, 0.3) is 5.69 Å². The molecule has 1 amide bonds. The fraction of sp³-hybridized carbons (Fsp3) is 0.318. The molecule has 2 atom stereocenters. The van der Waals surface area contributed by atoms with Crippen molar-refractivity contribution < 1.29 is 19.2 Å². The lowest BCUT2D eigenvalue weighted by Gasteiger charge is -2.17. The first-order chi connectivity index (χ1) is 15.8. The van der Waals surface area contributed by atoms with Crippen molar-refractivity contribution >= 4 is 29.0 Å². The van der Waals surface area contributed by atoms with Crippen molar-refractivity contribution in [2.24, 2.45) is 0 Å². The van der Waals surface area contributed by atoms with Gasteiger partial charge in [-0.05, 0) is 39.0 Å². The lowest BCUT2D eigenvalue weighted by molar-refractivity contribution is -0.384. The van der Waals surface area contributed by atoms with E-state index in [9.17, 15) is 14.9 Å². The van der Waals surface area contributed by atoms with E-state index in [1.807, 2.05) is 36.6 Å². The maximum absolute atomic E-state index is 12.6. The molecule has 0 saturated carbocycles. The summed E-state index contributed by atoms with van der Waals surface area (Å²) < 4.78 is 13.1. The average molecular weight is 472 g/mol. The van der Waals surface area contributed by atoms with Gasteiger partial charge in [-0.3, -0.25) is 14.9 Å². The number of ether oxygens (including phenoxy) is 2. The Morgan fingerprint density at radius 2 is 1.91 bits per heavy atom. The van der Waals surface area contributed by atoms with Crippen molar-refractivity contribution in [2.45, 2.75) is 43.8 Å². The quantitative estimate of drug-likeness (QED) is 0.261. The third-order valence-electron chi connectivity index (χ3n) is 4.76. The summed E-state index contributed by atoms with van der Waals surface area (Å²) >= 11 is 1.25. The van der Waals surface area contributed by atoms with Crippen LogP contribution in [-0.2, 0) is 11.3 Å². The number of hydrogen-bond donors (Lipinski definition) is 1. The van der Waals surface area contributed by atoms with E-state index in [4.69, 9.17) is 9.47 Å². The topological polar surface area (TPSA) is 121 Å². The van der Waals surface area contributed by atoms with Crippen LogP contribution in [0.5, 0.6) is 11.5 Å².